The van der Waals surface area contributed by atoms with Crippen molar-refractivity contribution < 1.29 is 18.3 Å². The minimum absolute atomic E-state index is 0.0445. The highest BCUT2D eigenvalue weighted by Crippen LogP contribution is 2.31. The van der Waals surface area contributed by atoms with Gasteiger partial charge in [-0.15, -0.1) is 0 Å². The molecular formula is C20H23ClF2N6O2. The second-order valence-electron chi connectivity index (χ2n) is 7.37. The van der Waals surface area contributed by atoms with Crippen LogP contribution in [-0.4, -0.2) is 59.5 Å². The molecule has 1 amide bonds. The summed E-state index contributed by atoms with van der Waals surface area (Å²) >= 11 is 6.09. The molecule has 0 aromatic carbocycles. The van der Waals surface area contributed by atoms with Gasteiger partial charge in [0.05, 0.1) is 17.3 Å². The Balaban J connectivity index is 1.47. The van der Waals surface area contributed by atoms with E-state index in [1.54, 1.807) is 23.4 Å². The Hall–Kier alpha value is -2.88. The lowest BCUT2D eigenvalue weighted by Gasteiger charge is -2.35. The van der Waals surface area contributed by atoms with Crippen LogP contribution >= 0.6 is 11.6 Å². The van der Waals surface area contributed by atoms with E-state index in [1.807, 2.05) is 0 Å². The fraction of sp³-hybridized carbons (Fsp3) is 0.450. The van der Waals surface area contributed by atoms with Crippen LogP contribution in [0.4, 0.5) is 19.4 Å². The van der Waals surface area contributed by atoms with Crippen molar-refractivity contribution in [2.45, 2.75) is 31.5 Å². The van der Waals surface area contributed by atoms with Gasteiger partial charge in [0, 0.05) is 36.6 Å². The van der Waals surface area contributed by atoms with Gasteiger partial charge in [-0.25, -0.2) is 23.5 Å². The molecule has 0 bridgehead atoms. The Bertz CT molecular complexity index is 938. The molecule has 8 nitrogen and oxygen atoms in total. The van der Waals surface area contributed by atoms with Crippen LogP contribution in [0, 0.1) is 5.82 Å². The third-order valence-electron chi connectivity index (χ3n) is 5.35. The maximum Gasteiger partial charge on any atom is 0.410 e. The maximum absolute atomic E-state index is 14.4. The molecule has 0 saturated carbocycles. The van der Waals surface area contributed by atoms with Crippen LogP contribution in [0.3, 0.4) is 0 Å². The zero-order valence-corrected chi connectivity index (χ0v) is 17.5. The first-order chi connectivity index (χ1) is 15.1. The van der Waals surface area contributed by atoms with Crippen molar-refractivity contribution in [3.8, 4) is 0 Å². The first kappa shape index (κ1) is 21.4. The molecule has 1 aromatic rings. The van der Waals surface area contributed by atoms with Gasteiger partial charge in [0.1, 0.15) is 19.4 Å². The number of ether oxygens (including phenoxy) is 1. The van der Waals surface area contributed by atoms with Crippen molar-refractivity contribution in [3.63, 3.8) is 0 Å². The van der Waals surface area contributed by atoms with Crippen molar-refractivity contribution in [1.82, 2.24) is 25.5 Å². The average Bonchev–Trinajstić information content (AvgIpc) is 3.20. The molecule has 166 valence electrons. The van der Waals surface area contributed by atoms with E-state index in [1.165, 1.54) is 0 Å². The predicted molar refractivity (Wildman–Crippen MR) is 112 cm³/mol. The van der Waals surface area contributed by atoms with Crippen molar-refractivity contribution in [2.75, 3.05) is 31.7 Å². The van der Waals surface area contributed by atoms with Crippen LogP contribution in [0.25, 0.3) is 5.57 Å². The number of halogens is 3. The topological polar surface area (TPSA) is 91.4 Å². The molecule has 1 aromatic heterocycles. The molecule has 3 N–H and O–H groups in total. The summed E-state index contributed by atoms with van der Waals surface area (Å²) in [5.41, 5.74) is 1.57. The van der Waals surface area contributed by atoms with E-state index in [9.17, 15) is 13.6 Å². The number of nitrogens with zero attached hydrogens (tertiary/aromatic N) is 3. The minimum atomic E-state index is -0.726. The van der Waals surface area contributed by atoms with Crippen LogP contribution in [-0.2, 0) is 4.74 Å². The van der Waals surface area contributed by atoms with Gasteiger partial charge >= 0.3 is 6.09 Å². The number of aromatic nitrogens is 2. The van der Waals surface area contributed by atoms with E-state index in [2.05, 4.69) is 25.9 Å². The van der Waals surface area contributed by atoms with Crippen LogP contribution in [0.15, 0.2) is 35.3 Å². The molecular weight excluding hydrogens is 430 g/mol. The number of allylic oxidation sites excluding steroid dienone is 2. The number of piperidine rings is 1. The van der Waals surface area contributed by atoms with E-state index in [4.69, 9.17) is 16.3 Å². The third kappa shape index (κ3) is 4.73. The molecule has 11 heteroatoms. The van der Waals surface area contributed by atoms with Crippen LogP contribution in [0.1, 0.15) is 25.1 Å². The maximum atomic E-state index is 14.4. The van der Waals surface area contributed by atoms with Gasteiger partial charge in [0.25, 0.3) is 0 Å². The molecule has 1 fully saturated rings. The van der Waals surface area contributed by atoms with E-state index < -0.39 is 18.6 Å². The van der Waals surface area contributed by atoms with E-state index in [-0.39, 0.29) is 31.2 Å². The second-order valence-corrected chi connectivity index (χ2v) is 7.81. The standard InChI is InChI=1S/C20H23ClF2N6O2/c21-12-7-14-15(10-26-17(14)24-8-12)18-27-11-16(23)19(28-18)25-9-13-3-1-2-5-29(13)20(30)31-6-4-22/h7-8,10-11,13,17,24,26H,1-6,9H2,(H,25,27,28)/t13-,17?/m1/s1. The smallest absolute Gasteiger partial charge is 0.410 e. The summed E-state index contributed by atoms with van der Waals surface area (Å²) in [5.74, 6) is -0.202. The summed E-state index contributed by atoms with van der Waals surface area (Å²) in [4.78, 5) is 22.2. The molecule has 31 heavy (non-hydrogen) atoms. The lowest BCUT2D eigenvalue weighted by Crippen LogP contribution is -2.47. The van der Waals surface area contributed by atoms with E-state index >= 15 is 0 Å². The molecule has 2 atom stereocenters. The predicted octanol–water partition coefficient (Wildman–Crippen LogP) is 2.87. The number of fused-ring (bicyclic) bond motifs is 1. The second kappa shape index (κ2) is 9.51. The monoisotopic (exact) mass is 452 g/mol. The number of nitrogens with one attached hydrogen (secondary N) is 3. The van der Waals surface area contributed by atoms with Crippen LogP contribution in [0.5, 0.6) is 0 Å². The molecule has 3 aliphatic heterocycles. The quantitative estimate of drug-likeness (QED) is 0.611. The van der Waals surface area contributed by atoms with Gasteiger partial charge in [-0.1, -0.05) is 11.6 Å². The Labute approximate surface area is 183 Å². The molecule has 3 aliphatic rings. The van der Waals surface area contributed by atoms with Crippen molar-refractivity contribution in [1.29, 1.82) is 0 Å². The molecule has 1 unspecified atom stereocenters. The van der Waals surface area contributed by atoms with Gasteiger partial charge in [-0.3, -0.25) is 0 Å². The highest BCUT2D eigenvalue weighted by Gasteiger charge is 2.29. The number of carbonyl (C=O) groups excluding carboxylic acids is 1. The Kier molecular flexibility index (Phi) is 6.55. The summed E-state index contributed by atoms with van der Waals surface area (Å²) in [6.45, 7) is -0.190. The molecule has 4 heterocycles. The fourth-order valence-corrected chi connectivity index (χ4v) is 4.02. The van der Waals surface area contributed by atoms with Gasteiger partial charge in [-0.2, -0.15) is 0 Å². The van der Waals surface area contributed by atoms with Gasteiger partial charge < -0.3 is 25.6 Å². The number of likely N-dealkylation sites (tertiary alicyclic amines) is 1. The molecule has 0 radical (unpaired) electrons. The van der Waals surface area contributed by atoms with Crippen molar-refractivity contribution >= 4 is 29.1 Å². The highest BCUT2D eigenvalue weighted by molar-refractivity contribution is 6.31. The lowest BCUT2D eigenvalue weighted by molar-refractivity contribution is 0.0716. The summed E-state index contributed by atoms with van der Waals surface area (Å²) in [5, 5.41) is 9.81. The summed E-state index contributed by atoms with van der Waals surface area (Å²) in [6, 6.07) is -0.204. The summed E-state index contributed by atoms with van der Waals surface area (Å²) < 4.78 is 31.7. The Morgan fingerprint density at radius 1 is 1.35 bits per heavy atom. The molecule has 1 saturated heterocycles. The number of dihydropyridines is 1. The van der Waals surface area contributed by atoms with Gasteiger partial charge in [0.15, 0.2) is 17.5 Å². The zero-order chi connectivity index (χ0) is 21.8. The van der Waals surface area contributed by atoms with Gasteiger partial charge in [0.2, 0.25) is 0 Å². The zero-order valence-electron chi connectivity index (χ0n) is 16.7. The number of hydrogen-bond donors (Lipinski definition) is 3. The molecule has 0 spiro atoms. The fourth-order valence-electron chi connectivity index (χ4n) is 3.84. The first-order valence-corrected chi connectivity index (χ1v) is 10.5. The normalized spacial score (nSPS) is 22.4. The molecule has 4 rings (SSSR count). The Morgan fingerprint density at radius 2 is 2.19 bits per heavy atom. The van der Waals surface area contributed by atoms with Gasteiger partial charge in [-0.05, 0) is 25.3 Å². The summed E-state index contributed by atoms with van der Waals surface area (Å²) in [7, 11) is 0. The number of alkyl halides is 1. The average molecular weight is 453 g/mol. The largest absolute Gasteiger partial charge is 0.447 e. The first-order valence-electron chi connectivity index (χ1n) is 10.1. The van der Waals surface area contributed by atoms with Crippen LogP contribution < -0.4 is 16.0 Å². The Morgan fingerprint density at radius 3 is 3.03 bits per heavy atom. The molecule has 0 aliphatic carbocycles. The van der Waals surface area contributed by atoms with E-state index in [0.29, 0.717) is 23.0 Å². The van der Waals surface area contributed by atoms with Crippen molar-refractivity contribution in [2.24, 2.45) is 0 Å². The number of carbonyl (C=O) groups is 1. The summed E-state index contributed by atoms with van der Waals surface area (Å²) in [6.07, 6.45) is 8.18. The van der Waals surface area contributed by atoms with E-state index in [0.717, 1.165) is 31.0 Å². The number of anilines is 1. The number of rotatable bonds is 6. The highest BCUT2D eigenvalue weighted by atomic mass is 35.5. The number of hydrogen-bond acceptors (Lipinski definition) is 7. The minimum Gasteiger partial charge on any atom is -0.447 e. The SMILES string of the molecule is O=C(OCCF)N1CCCC[C@@H]1CNc1nc(C2=CNC3NC=C(Cl)C=C23)ncc1F. The van der Waals surface area contributed by atoms with Crippen LogP contribution in [0.2, 0.25) is 0 Å². The van der Waals surface area contributed by atoms with Crippen molar-refractivity contribution in [3.05, 3.63) is 46.9 Å². The lowest BCUT2D eigenvalue weighted by atomic mass is 10.0. The number of amides is 1. The third-order valence-corrected chi connectivity index (χ3v) is 5.57.